The van der Waals surface area contributed by atoms with Gasteiger partial charge < -0.3 is 5.32 Å². The van der Waals surface area contributed by atoms with Gasteiger partial charge in [-0.05, 0) is 34.9 Å². The summed E-state index contributed by atoms with van der Waals surface area (Å²) in [5, 5.41) is 3.02. The molecule has 1 aliphatic heterocycles. The number of nitrogens with one attached hydrogen (secondary N) is 1. The fourth-order valence-corrected chi connectivity index (χ4v) is 2.96. The molecule has 1 amide bonds. The van der Waals surface area contributed by atoms with Gasteiger partial charge in [0, 0.05) is 5.69 Å². The summed E-state index contributed by atoms with van der Waals surface area (Å²) < 4.78 is 0. The molecule has 1 saturated carbocycles. The van der Waals surface area contributed by atoms with E-state index in [0.717, 1.165) is 12.1 Å². The Kier molecular flexibility index (Phi) is 1.86. The first-order valence-electron chi connectivity index (χ1n) is 6.32. The maximum Gasteiger partial charge on any atom is 0.235 e. The van der Waals surface area contributed by atoms with Gasteiger partial charge >= 0.3 is 0 Å². The third-order valence-corrected chi connectivity index (χ3v) is 4.33. The van der Waals surface area contributed by atoms with Crippen LogP contribution in [-0.4, -0.2) is 5.91 Å². The van der Waals surface area contributed by atoms with E-state index in [9.17, 15) is 4.79 Å². The minimum atomic E-state index is -0.198. The molecule has 17 heavy (non-hydrogen) atoms. The van der Waals surface area contributed by atoms with Gasteiger partial charge in [-0.15, -0.1) is 0 Å². The molecule has 2 atom stereocenters. The van der Waals surface area contributed by atoms with Crippen molar-refractivity contribution in [3.05, 3.63) is 29.3 Å². The van der Waals surface area contributed by atoms with Crippen LogP contribution in [0.5, 0.6) is 0 Å². The van der Waals surface area contributed by atoms with Crippen molar-refractivity contribution in [2.24, 2.45) is 5.92 Å². The Morgan fingerprint density at radius 1 is 1.35 bits per heavy atom. The number of fused-ring (bicyclic) bond motifs is 2. The number of carbonyl (C=O) groups is 1. The van der Waals surface area contributed by atoms with Gasteiger partial charge in [-0.1, -0.05) is 39.8 Å². The molecular weight excluding hydrogens is 210 g/mol. The molecule has 2 aliphatic rings. The highest BCUT2D eigenvalue weighted by Gasteiger charge is 2.62. The van der Waals surface area contributed by atoms with Crippen molar-refractivity contribution in [2.45, 2.75) is 44.9 Å². The summed E-state index contributed by atoms with van der Waals surface area (Å²) in [5.74, 6) is 0.685. The quantitative estimate of drug-likeness (QED) is 0.727. The van der Waals surface area contributed by atoms with Crippen LogP contribution in [0.15, 0.2) is 18.2 Å². The normalized spacial score (nSPS) is 30.4. The molecule has 2 unspecified atom stereocenters. The molecule has 0 aromatic heterocycles. The van der Waals surface area contributed by atoms with Crippen molar-refractivity contribution in [1.82, 2.24) is 0 Å². The molecule has 0 bridgehead atoms. The Hall–Kier alpha value is -1.31. The number of carbonyl (C=O) groups excluding carboxylic acids is 1. The predicted octanol–water partition coefficient (Wildman–Crippen LogP) is 3.21. The molecule has 1 aliphatic carbocycles. The predicted molar refractivity (Wildman–Crippen MR) is 69.2 cm³/mol. The second-order valence-electron chi connectivity index (χ2n) is 6.54. The van der Waals surface area contributed by atoms with Crippen LogP contribution >= 0.6 is 0 Å². The first-order chi connectivity index (χ1) is 7.85. The Bertz CT molecular complexity index is 512. The van der Waals surface area contributed by atoms with Crippen molar-refractivity contribution in [1.29, 1.82) is 0 Å². The van der Waals surface area contributed by atoms with E-state index in [-0.39, 0.29) is 16.7 Å². The minimum Gasteiger partial charge on any atom is -0.325 e. The SMILES string of the molecule is CC1CC12C(=O)Nc1ccc(C(C)(C)C)cc12. The van der Waals surface area contributed by atoms with E-state index in [1.165, 1.54) is 11.1 Å². The molecule has 1 aromatic rings. The summed E-state index contributed by atoms with van der Waals surface area (Å²) in [4.78, 5) is 12.1. The molecule has 2 nitrogen and oxygen atoms in total. The summed E-state index contributed by atoms with van der Waals surface area (Å²) >= 11 is 0. The van der Waals surface area contributed by atoms with Gasteiger partial charge in [0.2, 0.25) is 5.91 Å². The molecule has 1 fully saturated rings. The fourth-order valence-electron chi connectivity index (χ4n) is 2.96. The zero-order valence-corrected chi connectivity index (χ0v) is 10.9. The van der Waals surface area contributed by atoms with Crippen LogP contribution in [0.4, 0.5) is 5.69 Å². The van der Waals surface area contributed by atoms with Crippen LogP contribution in [0.25, 0.3) is 0 Å². The zero-order chi connectivity index (χ0) is 12.4. The van der Waals surface area contributed by atoms with Crippen LogP contribution in [0.3, 0.4) is 0 Å². The fraction of sp³-hybridized carbons (Fsp3) is 0.533. The lowest BCUT2D eigenvalue weighted by Crippen LogP contribution is -2.21. The van der Waals surface area contributed by atoms with Crippen molar-refractivity contribution in [3.8, 4) is 0 Å². The number of hydrogen-bond donors (Lipinski definition) is 1. The second-order valence-corrected chi connectivity index (χ2v) is 6.54. The van der Waals surface area contributed by atoms with Gasteiger partial charge in [-0.3, -0.25) is 4.79 Å². The van der Waals surface area contributed by atoms with Crippen LogP contribution in [0.2, 0.25) is 0 Å². The largest absolute Gasteiger partial charge is 0.325 e. The van der Waals surface area contributed by atoms with Gasteiger partial charge in [0.25, 0.3) is 0 Å². The molecule has 0 radical (unpaired) electrons. The summed E-state index contributed by atoms with van der Waals surface area (Å²) in [6, 6.07) is 6.43. The van der Waals surface area contributed by atoms with Crippen LogP contribution in [0.1, 0.15) is 45.2 Å². The maximum absolute atomic E-state index is 12.1. The molecular formula is C15H19NO. The third kappa shape index (κ3) is 1.30. The molecule has 1 N–H and O–H groups in total. The Labute approximate surface area is 102 Å². The highest BCUT2D eigenvalue weighted by Crippen LogP contribution is 2.60. The minimum absolute atomic E-state index is 0.139. The van der Waals surface area contributed by atoms with E-state index in [0.29, 0.717) is 5.92 Å². The smallest absolute Gasteiger partial charge is 0.235 e. The number of amides is 1. The van der Waals surface area contributed by atoms with Crippen molar-refractivity contribution >= 4 is 11.6 Å². The number of anilines is 1. The first kappa shape index (κ1) is 10.8. The summed E-state index contributed by atoms with van der Waals surface area (Å²) in [7, 11) is 0. The van der Waals surface area contributed by atoms with E-state index in [1.807, 2.05) is 0 Å². The molecule has 3 rings (SSSR count). The average Bonchev–Trinajstić information content (AvgIpc) is 2.81. The Morgan fingerprint density at radius 2 is 2.00 bits per heavy atom. The maximum atomic E-state index is 12.1. The highest BCUT2D eigenvalue weighted by atomic mass is 16.2. The monoisotopic (exact) mass is 229 g/mol. The summed E-state index contributed by atoms with van der Waals surface area (Å²) in [6.45, 7) is 8.80. The number of hydrogen-bond acceptors (Lipinski definition) is 1. The second kappa shape index (κ2) is 2.92. The zero-order valence-electron chi connectivity index (χ0n) is 10.9. The Morgan fingerprint density at radius 3 is 2.53 bits per heavy atom. The van der Waals surface area contributed by atoms with Crippen molar-refractivity contribution < 1.29 is 4.79 Å². The van der Waals surface area contributed by atoms with Gasteiger partial charge in [0.05, 0.1) is 5.41 Å². The molecule has 1 spiro atoms. The lowest BCUT2D eigenvalue weighted by Gasteiger charge is -2.20. The van der Waals surface area contributed by atoms with E-state index >= 15 is 0 Å². The van der Waals surface area contributed by atoms with Gasteiger partial charge in [-0.25, -0.2) is 0 Å². The third-order valence-electron chi connectivity index (χ3n) is 4.33. The highest BCUT2D eigenvalue weighted by molar-refractivity contribution is 6.08. The molecule has 1 heterocycles. The van der Waals surface area contributed by atoms with E-state index < -0.39 is 0 Å². The molecule has 0 saturated heterocycles. The van der Waals surface area contributed by atoms with E-state index in [1.54, 1.807) is 0 Å². The standard InChI is InChI=1S/C15H19NO/c1-9-8-15(9)11-7-10(14(2,3)4)5-6-12(11)16-13(15)17/h5-7,9H,8H2,1-4H3,(H,16,17). The lowest BCUT2D eigenvalue weighted by atomic mass is 9.83. The van der Waals surface area contributed by atoms with Crippen LogP contribution in [0, 0.1) is 5.92 Å². The number of benzene rings is 1. The average molecular weight is 229 g/mol. The number of rotatable bonds is 0. The van der Waals surface area contributed by atoms with E-state index in [2.05, 4.69) is 51.2 Å². The van der Waals surface area contributed by atoms with Crippen LogP contribution < -0.4 is 5.32 Å². The van der Waals surface area contributed by atoms with Crippen LogP contribution in [-0.2, 0) is 15.6 Å². The van der Waals surface area contributed by atoms with Crippen molar-refractivity contribution in [2.75, 3.05) is 5.32 Å². The molecule has 90 valence electrons. The first-order valence-corrected chi connectivity index (χ1v) is 6.32. The molecule has 2 heteroatoms. The Balaban J connectivity index is 2.14. The summed E-state index contributed by atoms with van der Waals surface area (Å²) in [5.41, 5.74) is 3.50. The van der Waals surface area contributed by atoms with Gasteiger partial charge in [0.15, 0.2) is 0 Å². The molecule has 1 aromatic carbocycles. The summed E-state index contributed by atoms with van der Waals surface area (Å²) in [6.07, 6.45) is 0.999. The topological polar surface area (TPSA) is 29.1 Å². The van der Waals surface area contributed by atoms with Crippen molar-refractivity contribution in [3.63, 3.8) is 0 Å². The lowest BCUT2D eigenvalue weighted by molar-refractivity contribution is -0.118. The van der Waals surface area contributed by atoms with Gasteiger partial charge in [-0.2, -0.15) is 0 Å². The van der Waals surface area contributed by atoms with Gasteiger partial charge in [0.1, 0.15) is 0 Å². The van der Waals surface area contributed by atoms with E-state index in [4.69, 9.17) is 0 Å².